The second-order valence-electron chi connectivity index (χ2n) is 14.8. The van der Waals surface area contributed by atoms with Crippen molar-refractivity contribution in [1.29, 1.82) is 0 Å². The number of carbonyl (C=O) groups is 2. The molecule has 2 aromatic carbocycles. The number of amides is 1. The number of unbranched alkanes of at least 4 members (excludes halogenated alkanes) is 2. The lowest BCUT2D eigenvalue weighted by molar-refractivity contribution is -0.437. The van der Waals surface area contributed by atoms with Crippen molar-refractivity contribution in [1.82, 2.24) is 5.32 Å². The van der Waals surface area contributed by atoms with Crippen LogP contribution in [0.2, 0.25) is 0 Å². The summed E-state index contributed by atoms with van der Waals surface area (Å²) in [6.07, 6.45) is 8.21. The Labute approximate surface area is 324 Å². The zero-order valence-electron chi connectivity index (χ0n) is 32.2. The molecule has 0 radical (unpaired) electrons. The molecular weight excluding hydrogens is 751 g/mol. The predicted molar refractivity (Wildman–Crippen MR) is 209 cm³/mol. The number of rotatable bonds is 21. The SMILES string of the molecule is COCCOCCC(=O)NCc1ccc2c(c1)C(C)(C)C(/C=C/C=C1/N(CCCCCC(=O)O)c3ccc(S(=O)(=O)O)cc3C1(C)C)=[N+]2CCCS(=O)(=O)O. The average molecular weight is 805 g/mol. The summed E-state index contributed by atoms with van der Waals surface area (Å²) in [6, 6.07) is 10.5. The maximum atomic E-state index is 12.5. The number of fused-ring (bicyclic) bond motifs is 2. The van der Waals surface area contributed by atoms with Crippen LogP contribution in [-0.4, -0.2) is 99.0 Å². The minimum absolute atomic E-state index is 0.0734. The molecule has 55 heavy (non-hydrogen) atoms. The van der Waals surface area contributed by atoms with E-state index >= 15 is 0 Å². The maximum Gasteiger partial charge on any atom is 0.303 e. The highest BCUT2D eigenvalue weighted by molar-refractivity contribution is 7.86. The highest BCUT2D eigenvalue weighted by atomic mass is 32.2. The Morgan fingerprint density at radius 1 is 0.891 bits per heavy atom. The average Bonchev–Trinajstić information content (AvgIpc) is 3.43. The van der Waals surface area contributed by atoms with Gasteiger partial charge in [-0.25, -0.2) is 0 Å². The fourth-order valence-corrected chi connectivity index (χ4v) is 8.19. The molecule has 4 rings (SSSR count). The minimum atomic E-state index is -4.45. The van der Waals surface area contributed by atoms with Crippen molar-refractivity contribution >= 4 is 49.2 Å². The van der Waals surface area contributed by atoms with Crippen LogP contribution in [0.3, 0.4) is 0 Å². The molecule has 2 aromatic rings. The molecule has 0 bridgehead atoms. The van der Waals surface area contributed by atoms with Crippen LogP contribution in [0.5, 0.6) is 0 Å². The van der Waals surface area contributed by atoms with Crippen molar-refractivity contribution in [2.75, 3.05) is 50.7 Å². The van der Waals surface area contributed by atoms with Gasteiger partial charge >= 0.3 is 5.97 Å². The molecule has 2 aliphatic heterocycles. The standard InChI is InChI=1S/C39H53N3O11S2/c1-38(2)30-25-28(27-40-36(43)18-21-53-23-22-52-5)14-16-32(30)42(20-10-24-54(46,47)48)34(38)11-9-12-35-39(3,4)31-26-29(55(49,50)51)15-17-33(31)41(35)19-8-6-7-13-37(44)45/h9,11-12,14-17,25-26H,6-8,10,13,18-24,27H2,1-5H3,(H3-,40,43,44,45,46,47,48,49,50,51)/p+1. The zero-order valence-corrected chi connectivity index (χ0v) is 33.8. The monoisotopic (exact) mass is 804 g/mol. The lowest BCUT2D eigenvalue weighted by Gasteiger charge is -2.27. The Hall–Kier alpha value is -3.93. The van der Waals surface area contributed by atoms with Gasteiger partial charge in [0.1, 0.15) is 6.54 Å². The van der Waals surface area contributed by atoms with Crippen LogP contribution in [0.1, 0.15) is 82.9 Å². The number of allylic oxidation sites excluding steroid dienone is 4. The van der Waals surface area contributed by atoms with Crippen molar-refractivity contribution in [3.05, 3.63) is 77.0 Å². The highest BCUT2D eigenvalue weighted by Crippen LogP contribution is 2.49. The molecule has 0 atom stereocenters. The smallest absolute Gasteiger partial charge is 0.303 e. The van der Waals surface area contributed by atoms with Gasteiger partial charge < -0.3 is 24.8 Å². The van der Waals surface area contributed by atoms with E-state index in [-0.39, 0.29) is 36.7 Å². The van der Waals surface area contributed by atoms with Gasteiger partial charge in [-0.3, -0.25) is 18.7 Å². The van der Waals surface area contributed by atoms with Crippen molar-refractivity contribution in [2.45, 2.75) is 88.5 Å². The number of carbonyl (C=O) groups excluding carboxylic acids is 1. The van der Waals surface area contributed by atoms with Crippen molar-refractivity contribution < 1.29 is 54.7 Å². The van der Waals surface area contributed by atoms with Gasteiger partial charge in [-0.05, 0) is 68.2 Å². The number of benzene rings is 2. The first-order valence-electron chi connectivity index (χ1n) is 18.3. The van der Waals surface area contributed by atoms with E-state index in [0.29, 0.717) is 52.1 Å². The summed E-state index contributed by atoms with van der Waals surface area (Å²) in [7, 11) is -7.05. The normalized spacial score (nSPS) is 16.9. The summed E-state index contributed by atoms with van der Waals surface area (Å²) >= 11 is 0. The third-order valence-electron chi connectivity index (χ3n) is 10.1. The number of anilines is 1. The van der Waals surface area contributed by atoms with E-state index in [2.05, 4.69) is 24.1 Å². The van der Waals surface area contributed by atoms with Crippen LogP contribution in [0.4, 0.5) is 11.4 Å². The minimum Gasteiger partial charge on any atom is -0.481 e. The molecule has 302 valence electrons. The largest absolute Gasteiger partial charge is 0.481 e. The second-order valence-corrected chi connectivity index (χ2v) is 17.8. The van der Waals surface area contributed by atoms with E-state index in [1.807, 2.05) is 54.9 Å². The molecule has 0 fully saturated rings. The lowest BCUT2D eigenvalue weighted by atomic mass is 9.80. The molecule has 0 unspecified atom stereocenters. The Balaban J connectivity index is 1.66. The number of nitrogens with one attached hydrogen (secondary N) is 1. The number of hydrogen-bond acceptors (Lipinski definition) is 9. The Kier molecular flexibility index (Phi) is 14.6. The van der Waals surface area contributed by atoms with E-state index in [9.17, 15) is 35.5 Å². The Morgan fingerprint density at radius 2 is 1.64 bits per heavy atom. The highest BCUT2D eigenvalue weighted by Gasteiger charge is 2.45. The van der Waals surface area contributed by atoms with E-state index in [4.69, 9.17) is 14.6 Å². The molecule has 14 nitrogen and oxygen atoms in total. The number of ether oxygens (including phenoxy) is 2. The summed E-state index contributed by atoms with van der Waals surface area (Å²) in [6.45, 7) is 10.4. The van der Waals surface area contributed by atoms with Crippen LogP contribution < -0.4 is 10.2 Å². The molecule has 0 aromatic heterocycles. The van der Waals surface area contributed by atoms with Gasteiger partial charge in [0.25, 0.3) is 20.2 Å². The van der Waals surface area contributed by atoms with Crippen LogP contribution >= 0.6 is 0 Å². The zero-order chi connectivity index (χ0) is 40.6. The van der Waals surface area contributed by atoms with Gasteiger partial charge in [-0.1, -0.05) is 32.4 Å². The van der Waals surface area contributed by atoms with Crippen molar-refractivity contribution in [3.63, 3.8) is 0 Å². The number of aliphatic carboxylic acids is 1. The summed E-state index contributed by atoms with van der Waals surface area (Å²) in [4.78, 5) is 25.4. The Bertz CT molecular complexity index is 2050. The molecule has 2 heterocycles. The van der Waals surface area contributed by atoms with Gasteiger partial charge in [0.05, 0.1) is 35.9 Å². The van der Waals surface area contributed by atoms with E-state index < -0.39 is 42.8 Å². The molecule has 0 spiro atoms. The first-order chi connectivity index (χ1) is 25.8. The maximum absolute atomic E-state index is 12.5. The number of nitrogens with zero attached hydrogens (tertiary/aromatic N) is 2. The summed E-state index contributed by atoms with van der Waals surface area (Å²) in [5, 5.41) is 12.0. The third-order valence-corrected chi connectivity index (χ3v) is 11.7. The molecule has 0 aliphatic carbocycles. The molecular formula is C39H54N3O11S2+. The first kappa shape index (κ1) is 43.8. The fourth-order valence-electron chi connectivity index (χ4n) is 7.19. The van der Waals surface area contributed by atoms with Crippen LogP contribution in [0, 0.1) is 0 Å². The molecule has 2 aliphatic rings. The number of carboxylic acids is 1. The van der Waals surface area contributed by atoms with E-state index in [1.54, 1.807) is 13.2 Å². The number of methoxy groups -OCH3 is 1. The predicted octanol–water partition coefficient (Wildman–Crippen LogP) is 5.14. The summed E-state index contributed by atoms with van der Waals surface area (Å²) in [5.41, 5.74) is 4.79. The fraction of sp³-hybridized carbons (Fsp3) is 0.513. The van der Waals surface area contributed by atoms with E-state index in [1.165, 1.54) is 12.1 Å². The Morgan fingerprint density at radius 3 is 2.31 bits per heavy atom. The second kappa shape index (κ2) is 18.3. The van der Waals surface area contributed by atoms with Crippen LogP contribution in [0.25, 0.3) is 0 Å². The first-order valence-corrected chi connectivity index (χ1v) is 21.4. The van der Waals surface area contributed by atoms with Gasteiger partial charge in [-0.2, -0.15) is 21.4 Å². The molecule has 4 N–H and O–H groups in total. The number of carboxylic acid groups (broad SMARTS) is 1. The molecule has 1 amide bonds. The van der Waals surface area contributed by atoms with Gasteiger partial charge in [-0.15, -0.1) is 0 Å². The van der Waals surface area contributed by atoms with Gasteiger partial charge in [0.15, 0.2) is 5.71 Å². The summed E-state index contributed by atoms with van der Waals surface area (Å²) in [5.74, 6) is -1.40. The summed E-state index contributed by atoms with van der Waals surface area (Å²) < 4.78 is 79.1. The van der Waals surface area contributed by atoms with Gasteiger partial charge in [0, 0.05) is 74.0 Å². The quantitative estimate of drug-likeness (QED) is 0.0737. The topological polar surface area (TPSA) is 200 Å². The molecule has 0 saturated carbocycles. The van der Waals surface area contributed by atoms with Crippen molar-refractivity contribution in [3.8, 4) is 0 Å². The lowest BCUT2D eigenvalue weighted by Crippen LogP contribution is -2.29. The van der Waals surface area contributed by atoms with Crippen molar-refractivity contribution in [2.24, 2.45) is 0 Å². The third kappa shape index (κ3) is 11.3. The van der Waals surface area contributed by atoms with Crippen LogP contribution in [-0.2, 0) is 56.7 Å². The molecule has 0 saturated heterocycles. The van der Waals surface area contributed by atoms with E-state index in [0.717, 1.165) is 39.5 Å². The van der Waals surface area contributed by atoms with Gasteiger partial charge in [0.2, 0.25) is 11.6 Å². The van der Waals surface area contributed by atoms with Crippen LogP contribution in [0.15, 0.2) is 65.2 Å². The molecule has 16 heteroatoms. The number of hydrogen-bond donors (Lipinski definition) is 4.